The first-order valence-corrected chi connectivity index (χ1v) is 16.5. The number of rotatable bonds is 9. The van der Waals surface area contributed by atoms with Gasteiger partial charge in [-0.15, -0.1) is 0 Å². The Hall–Kier alpha value is -4.72. The summed E-state index contributed by atoms with van der Waals surface area (Å²) in [5.74, 6) is -0.733. The summed E-state index contributed by atoms with van der Waals surface area (Å²) < 4.78 is 9.19. The molecule has 1 aromatic heterocycles. The first-order valence-electron chi connectivity index (χ1n) is 16.5. The lowest BCUT2D eigenvalue weighted by molar-refractivity contribution is -0.255. The molecule has 0 saturated carbocycles. The van der Waals surface area contributed by atoms with E-state index < -0.39 is 11.9 Å². The SMILES string of the molecule is CCN1c2cc3c(cc2C(C)=CC1(C)C)C(c1ccncc1C(=O)[O-])=c1cc2c(cc1O3)=[N+](CCCCCC(=O)O)C(C)(C)C=C2C. The summed E-state index contributed by atoms with van der Waals surface area (Å²) in [6.45, 7) is 16.7. The van der Waals surface area contributed by atoms with E-state index in [1.165, 1.54) is 6.20 Å². The molecule has 0 radical (unpaired) electrons. The molecule has 2 aromatic carbocycles. The molecule has 0 saturated heterocycles. The van der Waals surface area contributed by atoms with Crippen molar-refractivity contribution in [3.8, 4) is 11.5 Å². The number of likely N-dealkylation sites (N-methyl/N-ethyl adjacent to an activating group) is 1. The molecule has 0 unspecified atom stereocenters. The van der Waals surface area contributed by atoms with Crippen LogP contribution in [0.15, 0.2) is 54.9 Å². The quantitative estimate of drug-likeness (QED) is 0.201. The molecule has 3 aliphatic heterocycles. The molecule has 3 aliphatic rings. The second-order valence-electron chi connectivity index (χ2n) is 14.0. The summed E-state index contributed by atoms with van der Waals surface area (Å²) in [4.78, 5) is 30.0. The van der Waals surface area contributed by atoms with E-state index in [0.29, 0.717) is 23.5 Å². The highest BCUT2D eigenvalue weighted by Gasteiger charge is 2.36. The molecule has 0 fully saturated rings. The average molecular weight is 634 g/mol. The zero-order valence-corrected chi connectivity index (χ0v) is 28.4. The minimum Gasteiger partial charge on any atom is -0.545 e. The lowest BCUT2D eigenvalue weighted by atomic mass is 9.83. The third kappa shape index (κ3) is 5.64. The van der Waals surface area contributed by atoms with Crippen molar-refractivity contribution in [1.29, 1.82) is 0 Å². The Morgan fingerprint density at radius 1 is 0.936 bits per heavy atom. The van der Waals surface area contributed by atoms with E-state index in [9.17, 15) is 14.7 Å². The van der Waals surface area contributed by atoms with Gasteiger partial charge in [0.1, 0.15) is 18.0 Å². The summed E-state index contributed by atoms with van der Waals surface area (Å²) in [6.07, 6.45) is 10.0. The largest absolute Gasteiger partial charge is 0.545 e. The zero-order chi connectivity index (χ0) is 33.8. The standard InChI is InChI=1S/C39H43N3O5/c1-8-41-31-18-33-28(16-26(31)23(2)20-38(41,4)5)36(25-13-14-40-22-30(25)37(45)46)29-17-27-24(3)21-39(6,7)42(32(27)19-34(29)47-33)15-11-9-10-12-35(43)44/h13-14,16-22H,8-12,15H2,1-7H3,(H-,43,44,45,46). The van der Waals surface area contributed by atoms with E-state index in [2.05, 4.69) is 99.3 Å². The van der Waals surface area contributed by atoms with Crippen LogP contribution in [0.25, 0.3) is 16.7 Å². The highest BCUT2D eigenvalue weighted by molar-refractivity contribution is 5.98. The monoisotopic (exact) mass is 633 g/mol. The van der Waals surface area contributed by atoms with Crippen LogP contribution in [0, 0.1) is 0 Å². The van der Waals surface area contributed by atoms with Crippen molar-refractivity contribution in [2.75, 3.05) is 18.0 Å². The summed E-state index contributed by atoms with van der Waals surface area (Å²) in [6, 6.07) is 10.2. The van der Waals surface area contributed by atoms with Crippen LogP contribution in [-0.4, -0.2) is 46.2 Å². The lowest BCUT2D eigenvalue weighted by Crippen LogP contribution is -2.50. The van der Waals surface area contributed by atoms with Gasteiger partial charge in [0.25, 0.3) is 0 Å². The molecular formula is C39H43N3O5. The van der Waals surface area contributed by atoms with Crippen LogP contribution in [-0.2, 0) is 4.79 Å². The van der Waals surface area contributed by atoms with Gasteiger partial charge in [0.05, 0.1) is 17.6 Å². The van der Waals surface area contributed by atoms with E-state index in [1.54, 1.807) is 12.3 Å². The Morgan fingerprint density at radius 2 is 1.68 bits per heavy atom. The molecule has 244 valence electrons. The van der Waals surface area contributed by atoms with Crippen LogP contribution in [0.1, 0.15) is 107 Å². The molecule has 0 aliphatic carbocycles. The average Bonchev–Trinajstić information content (AvgIpc) is 2.99. The van der Waals surface area contributed by atoms with Gasteiger partial charge in [-0.1, -0.05) is 6.08 Å². The van der Waals surface area contributed by atoms with Crippen molar-refractivity contribution in [3.05, 3.63) is 93.3 Å². The summed E-state index contributed by atoms with van der Waals surface area (Å²) in [5, 5.41) is 23.4. The second kappa shape index (κ2) is 11.8. The minimum absolute atomic E-state index is 0.0247. The van der Waals surface area contributed by atoms with Crippen LogP contribution in [0.4, 0.5) is 5.69 Å². The fraction of sp³-hybridized carbons (Fsp3) is 0.385. The summed E-state index contributed by atoms with van der Waals surface area (Å²) >= 11 is 0. The van der Waals surface area contributed by atoms with E-state index in [1.807, 2.05) is 0 Å². The van der Waals surface area contributed by atoms with Crippen molar-refractivity contribution in [2.24, 2.45) is 0 Å². The van der Waals surface area contributed by atoms with Crippen LogP contribution in [0.5, 0.6) is 11.5 Å². The van der Waals surface area contributed by atoms with Crippen LogP contribution >= 0.6 is 0 Å². The van der Waals surface area contributed by atoms with Crippen molar-refractivity contribution in [2.45, 2.75) is 85.2 Å². The number of hydrogen-bond acceptors (Lipinski definition) is 6. The van der Waals surface area contributed by atoms with Gasteiger partial charge in [0.15, 0.2) is 5.54 Å². The minimum atomic E-state index is -1.28. The normalized spacial score (nSPS) is 17.0. The number of unbranched alkanes of at least 4 members (excludes halogenated alkanes) is 2. The number of carbonyl (C=O) groups is 2. The molecule has 47 heavy (non-hydrogen) atoms. The number of hydrogen-bond donors (Lipinski definition) is 1. The molecule has 3 aromatic rings. The Kier molecular flexibility index (Phi) is 8.10. The Labute approximate surface area is 276 Å². The molecule has 0 amide bonds. The zero-order valence-electron chi connectivity index (χ0n) is 28.4. The van der Waals surface area contributed by atoms with Gasteiger partial charge >= 0.3 is 5.97 Å². The first-order chi connectivity index (χ1) is 22.2. The number of ether oxygens (including phenoxy) is 1. The predicted octanol–water partition coefficient (Wildman–Crippen LogP) is 5.15. The van der Waals surface area contributed by atoms with E-state index >= 15 is 0 Å². The maximum absolute atomic E-state index is 12.5. The fourth-order valence-electron chi connectivity index (χ4n) is 7.81. The number of nitrogens with zero attached hydrogens (tertiary/aromatic N) is 3. The highest BCUT2D eigenvalue weighted by Crippen LogP contribution is 2.46. The number of pyridine rings is 1. The number of benzene rings is 2. The third-order valence-corrected chi connectivity index (χ3v) is 9.82. The number of carboxylic acids is 2. The maximum atomic E-state index is 12.5. The topological polar surface area (TPSA) is 106 Å². The number of aromatic nitrogens is 1. The first kappa shape index (κ1) is 32.2. The number of anilines is 1. The molecule has 0 bridgehead atoms. The molecule has 8 heteroatoms. The number of aliphatic carboxylic acids is 1. The van der Waals surface area contributed by atoms with E-state index in [-0.39, 0.29) is 23.1 Å². The number of fused-ring (bicyclic) bond motifs is 4. The van der Waals surface area contributed by atoms with Gasteiger partial charge in [0.2, 0.25) is 5.36 Å². The van der Waals surface area contributed by atoms with Crippen LogP contribution in [0.2, 0.25) is 0 Å². The Morgan fingerprint density at radius 3 is 2.38 bits per heavy atom. The Bertz CT molecular complexity index is 2020. The van der Waals surface area contributed by atoms with Crippen molar-refractivity contribution in [3.63, 3.8) is 0 Å². The number of allylic oxidation sites excluding steroid dienone is 2. The second-order valence-corrected chi connectivity index (χ2v) is 14.0. The molecule has 0 spiro atoms. The van der Waals surface area contributed by atoms with Crippen LogP contribution < -0.4 is 29.9 Å². The molecule has 4 heterocycles. The molecule has 1 N–H and O–H groups in total. The third-order valence-electron chi connectivity index (χ3n) is 9.82. The Balaban J connectivity index is 1.64. The predicted molar refractivity (Wildman–Crippen MR) is 183 cm³/mol. The number of carbonyl (C=O) groups excluding carboxylic acids is 1. The number of aromatic carboxylic acids is 1. The van der Waals surface area contributed by atoms with Gasteiger partial charge in [-0.3, -0.25) is 9.78 Å². The van der Waals surface area contributed by atoms with Gasteiger partial charge in [0, 0.05) is 90.4 Å². The summed E-state index contributed by atoms with van der Waals surface area (Å²) in [5.41, 5.74) is 7.18. The van der Waals surface area contributed by atoms with Crippen molar-refractivity contribution in [1.82, 2.24) is 9.56 Å². The van der Waals surface area contributed by atoms with Gasteiger partial charge in [-0.2, -0.15) is 0 Å². The summed E-state index contributed by atoms with van der Waals surface area (Å²) in [7, 11) is 0. The van der Waals surface area contributed by atoms with Gasteiger partial charge < -0.3 is 24.6 Å². The fourth-order valence-corrected chi connectivity index (χ4v) is 7.81. The van der Waals surface area contributed by atoms with Gasteiger partial charge in [-0.25, -0.2) is 4.58 Å². The van der Waals surface area contributed by atoms with Crippen molar-refractivity contribution < 1.29 is 24.5 Å². The van der Waals surface area contributed by atoms with Crippen molar-refractivity contribution >= 4 is 34.3 Å². The van der Waals surface area contributed by atoms with E-state index in [0.717, 1.165) is 75.6 Å². The maximum Gasteiger partial charge on any atom is 0.303 e. The van der Waals surface area contributed by atoms with Crippen LogP contribution in [0.3, 0.4) is 0 Å². The van der Waals surface area contributed by atoms with Gasteiger partial charge in [-0.05, 0) is 88.4 Å². The molecular weight excluding hydrogens is 590 g/mol. The van der Waals surface area contributed by atoms with E-state index in [4.69, 9.17) is 9.84 Å². The molecule has 0 atom stereocenters. The lowest BCUT2D eigenvalue weighted by Gasteiger charge is -2.43. The molecule has 8 nitrogen and oxygen atoms in total. The highest BCUT2D eigenvalue weighted by atomic mass is 16.5. The molecule has 6 rings (SSSR count). The number of carboxylic acid groups (broad SMARTS) is 2. The smallest absolute Gasteiger partial charge is 0.303 e.